The zero-order chi connectivity index (χ0) is 17.1. The Hall–Kier alpha value is -2.54. The molecule has 0 saturated heterocycles. The van der Waals surface area contributed by atoms with Gasteiger partial charge < -0.3 is 9.88 Å². The van der Waals surface area contributed by atoms with E-state index in [1.165, 1.54) is 28.4 Å². The molecule has 1 N–H and O–H groups in total. The Balaban J connectivity index is 1.63. The molecule has 0 aliphatic rings. The molecule has 0 unspecified atom stereocenters. The van der Waals surface area contributed by atoms with Crippen LogP contribution in [0.1, 0.15) is 17.8 Å². The maximum Gasteiger partial charge on any atom is 0.268 e. The van der Waals surface area contributed by atoms with Gasteiger partial charge in [-0.2, -0.15) is 0 Å². The van der Waals surface area contributed by atoms with Crippen LogP contribution >= 0.6 is 11.3 Å². The number of aryl methyl sites for hydroxylation is 1. The molecule has 2 aromatic heterocycles. The number of rotatable bonds is 5. The summed E-state index contributed by atoms with van der Waals surface area (Å²) in [4.78, 5) is 32.7. The molecule has 0 spiro atoms. The fraction of sp³-hybridized carbons (Fsp3) is 0.235. The first-order chi connectivity index (χ1) is 11.5. The van der Waals surface area contributed by atoms with Crippen molar-refractivity contribution in [2.24, 2.45) is 0 Å². The van der Waals surface area contributed by atoms with Crippen LogP contribution in [0.15, 0.2) is 40.5 Å². The minimum absolute atomic E-state index is 0.0904. The van der Waals surface area contributed by atoms with Crippen molar-refractivity contribution in [1.82, 2.24) is 14.9 Å². The number of aromatic amines is 1. The van der Waals surface area contributed by atoms with Crippen molar-refractivity contribution in [1.29, 1.82) is 0 Å². The molecule has 0 fully saturated rings. The molecule has 124 valence electrons. The van der Waals surface area contributed by atoms with E-state index >= 15 is 0 Å². The van der Waals surface area contributed by atoms with Crippen molar-refractivity contribution in [2.45, 2.75) is 19.4 Å². The van der Waals surface area contributed by atoms with Gasteiger partial charge in [0.2, 0.25) is 5.91 Å². The molecule has 3 aromatic rings. The number of amides is 1. The van der Waals surface area contributed by atoms with Gasteiger partial charge in [-0.15, -0.1) is 11.3 Å². The predicted molar refractivity (Wildman–Crippen MR) is 91.4 cm³/mol. The zero-order valence-corrected chi connectivity index (χ0v) is 13.9. The number of fused-ring (bicyclic) bond motifs is 1. The second-order valence-electron chi connectivity index (χ2n) is 5.53. The quantitative estimate of drug-likeness (QED) is 0.773. The average molecular weight is 345 g/mol. The number of nitrogens with zero attached hydrogens (tertiary/aromatic N) is 2. The van der Waals surface area contributed by atoms with Gasteiger partial charge in [0.25, 0.3) is 5.56 Å². The summed E-state index contributed by atoms with van der Waals surface area (Å²) in [6.45, 7) is 0.225. The van der Waals surface area contributed by atoms with E-state index in [-0.39, 0.29) is 30.2 Å². The number of nitrogens with one attached hydrogen (secondary N) is 1. The molecular weight excluding hydrogens is 329 g/mol. The van der Waals surface area contributed by atoms with Crippen molar-refractivity contribution in [3.8, 4) is 0 Å². The Bertz CT molecular complexity index is 935. The van der Waals surface area contributed by atoms with Gasteiger partial charge in [-0.25, -0.2) is 9.37 Å². The molecule has 3 rings (SSSR count). The molecule has 24 heavy (non-hydrogen) atoms. The summed E-state index contributed by atoms with van der Waals surface area (Å²) in [5.41, 5.74) is 1.23. The van der Waals surface area contributed by atoms with E-state index in [0.29, 0.717) is 22.5 Å². The van der Waals surface area contributed by atoms with E-state index in [1.54, 1.807) is 25.2 Å². The number of H-pyrrole nitrogens is 1. The van der Waals surface area contributed by atoms with Gasteiger partial charge in [0.1, 0.15) is 16.3 Å². The number of thiophene rings is 1. The van der Waals surface area contributed by atoms with Crippen molar-refractivity contribution >= 4 is 27.5 Å². The number of halogens is 1. The molecule has 7 heteroatoms. The summed E-state index contributed by atoms with van der Waals surface area (Å²) in [6, 6.07) is 8.00. The Morgan fingerprint density at radius 1 is 1.38 bits per heavy atom. The summed E-state index contributed by atoms with van der Waals surface area (Å²) in [5, 5.41) is 1.81. The maximum absolute atomic E-state index is 13.1. The lowest BCUT2D eigenvalue weighted by molar-refractivity contribution is -0.130. The molecule has 5 nitrogen and oxygen atoms in total. The lowest BCUT2D eigenvalue weighted by Gasteiger charge is -2.16. The van der Waals surface area contributed by atoms with Crippen molar-refractivity contribution in [3.63, 3.8) is 0 Å². The number of hydrogen-bond donors (Lipinski definition) is 1. The molecule has 0 saturated carbocycles. The van der Waals surface area contributed by atoms with E-state index in [9.17, 15) is 14.0 Å². The highest BCUT2D eigenvalue weighted by Crippen LogP contribution is 2.14. The number of hydrogen-bond acceptors (Lipinski definition) is 4. The van der Waals surface area contributed by atoms with E-state index in [1.807, 2.05) is 5.38 Å². The van der Waals surface area contributed by atoms with Crippen LogP contribution in [0.5, 0.6) is 0 Å². The van der Waals surface area contributed by atoms with Crippen LogP contribution in [-0.2, 0) is 17.8 Å². The summed E-state index contributed by atoms with van der Waals surface area (Å²) in [5.74, 6) is 0.0546. The number of carbonyl (C=O) groups excluding carboxylic acids is 1. The Morgan fingerprint density at radius 2 is 2.21 bits per heavy atom. The summed E-state index contributed by atoms with van der Waals surface area (Å²) in [6.07, 6.45) is 0.735. The van der Waals surface area contributed by atoms with Gasteiger partial charge in [0.15, 0.2) is 0 Å². The van der Waals surface area contributed by atoms with Crippen LogP contribution < -0.4 is 5.56 Å². The monoisotopic (exact) mass is 345 g/mol. The molecule has 1 amide bonds. The van der Waals surface area contributed by atoms with Crippen LogP contribution in [0.3, 0.4) is 0 Å². The Morgan fingerprint density at radius 3 is 3.00 bits per heavy atom. The second kappa shape index (κ2) is 6.92. The van der Waals surface area contributed by atoms with Gasteiger partial charge >= 0.3 is 0 Å². The van der Waals surface area contributed by atoms with Crippen molar-refractivity contribution < 1.29 is 9.18 Å². The first-order valence-corrected chi connectivity index (χ1v) is 8.36. The Kier molecular flexibility index (Phi) is 4.71. The molecular formula is C17H16FN3O2S. The van der Waals surface area contributed by atoms with Crippen molar-refractivity contribution in [2.75, 3.05) is 7.05 Å². The maximum atomic E-state index is 13.1. The van der Waals surface area contributed by atoms with Gasteiger partial charge in [0, 0.05) is 13.5 Å². The molecule has 0 aliphatic carbocycles. The zero-order valence-electron chi connectivity index (χ0n) is 13.1. The van der Waals surface area contributed by atoms with E-state index in [0.717, 1.165) is 5.56 Å². The van der Waals surface area contributed by atoms with Gasteiger partial charge in [-0.05, 0) is 35.6 Å². The highest BCUT2D eigenvalue weighted by atomic mass is 32.1. The highest BCUT2D eigenvalue weighted by Gasteiger charge is 2.12. The minimum atomic E-state index is -0.306. The third-order valence-corrected chi connectivity index (χ3v) is 4.60. The van der Waals surface area contributed by atoms with E-state index in [2.05, 4.69) is 9.97 Å². The largest absolute Gasteiger partial charge is 0.338 e. The summed E-state index contributed by atoms with van der Waals surface area (Å²) in [7, 11) is 1.66. The van der Waals surface area contributed by atoms with E-state index in [4.69, 9.17) is 0 Å². The number of carbonyl (C=O) groups is 1. The third-order valence-electron chi connectivity index (χ3n) is 3.69. The molecule has 0 bridgehead atoms. The van der Waals surface area contributed by atoms with E-state index < -0.39 is 0 Å². The summed E-state index contributed by atoms with van der Waals surface area (Å²) >= 11 is 1.34. The van der Waals surface area contributed by atoms with Crippen molar-refractivity contribution in [3.05, 3.63) is 63.3 Å². The summed E-state index contributed by atoms with van der Waals surface area (Å²) < 4.78 is 13.7. The van der Waals surface area contributed by atoms with Gasteiger partial charge in [0.05, 0.1) is 12.1 Å². The van der Waals surface area contributed by atoms with Crippen LogP contribution in [0.2, 0.25) is 0 Å². The smallest absolute Gasteiger partial charge is 0.268 e. The fourth-order valence-electron chi connectivity index (χ4n) is 2.44. The normalized spacial score (nSPS) is 10.9. The first kappa shape index (κ1) is 16.3. The molecule has 0 atom stereocenters. The predicted octanol–water partition coefficient (Wildman–Crippen LogP) is 2.71. The lowest BCUT2D eigenvalue weighted by atomic mass is 10.1. The van der Waals surface area contributed by atoms with Crippen LogP contribution in [0, 0.1) is 5.82 Å². The van der Waals surface area contributed by atoms with Crippen LogP contribution in [0.25, 0.3) is 10.2 Å². The second-order valence-corrected chi connectivity index (χ2v) is 6.44. The van der Waals surface area contributed by atoms with Crippen LogP contribution in [0.4, 0.5) is 4.39 Å². The Labute approximate surface area is 141 Å². The average Bonchev–Trinajstić information content (AvgIpc) is 3.01. The molecule has 2 heterocycles. The van der Waals surface area contributed by atoms with Crippen LogP contribution in [-0.4, -0.2) is 27.8 Å². The molecule has 0 aliphatic heterocycles. The number of aromatic nitrogens is 2. The standard InChI is InChI=1S/C17H16FN3O2S/c1-21(15(22)6-5-11-3-2-4-12(18)9-11)10-14-19-13-7-8-24-16(13)17(23)20-14/h2-4,7-9H,5-6,10H2,1H3,(H,19,20,23). The number of benzene rings is 1. The third kappa shape index (κ3) is 3.68. The topological polar surface area (TPSA) is 66.1 Å². The molecule has 1 aromatic carbocycles. The van der Waals surface area contributed by atoms with Gasteiger partial charge in [-0.3, -0.25) is 9.59 Å². The molecule has 0 radical (unpaired) electrons. The highest BCUT2D eigenvalue weighted by molar-refractivity contribution is 7.17. The lowest BCUT2D eigenvalue weighted by Crippen LogP contribution is -2.28. The first-order valence-electron chi connectivity index (χ1n) is 7.48. The fourth-order valence-corrected chi connectivity index (χ4v) is 3.17. The van der Waals surface area contributed by atoms with Gasteiger partial charge in [-0.1, -0.05) is 12.1 Å². The SMILES string of the molecule is CN(Cc1nc2ccsc2c(=O)[nH]1)C(=O)CCc1cccc(F)c1. The minimum Gasteiger partial charge on any atom is -0.338 e.